The summed E-state index contributed by atoms with van der Waals surface area (Å²) in [6.45, 7) is 7.96. The molecule has 0 radical (unpaired) electrons. The summed E-state index contributed by atoms with van der Waals surface area (Å²) >= 11 is 0. The lowest BCUT2D eigenvalue weighted by atomic mass is 10.2. The fraction of sp³-hybridized carbons (Fsp3) is 0.381. The molecule has 1 N–H and O–H groups in total. The summed E-state index contributed by atoms with van der Waals surface area (Å²) in [4.78, 5) is 12.4. The SMILES string of the molecule is CCN(c1ccc(C(=O)NC(C)COc2ccc(C)cc2)cc1)S(=O)(=O)CC. The molecule has 28 heavy (non-hydrogen) atoms. The number of sulfonamides is 1. The number of carbonyl (C=O) groups excluding carboxylic acids is 1. The maximum atomic E-state index is 12.4. The normalized spacial score (nSPS) is 12.3. The summed E-state index contributed by atoms with van der Waals surface area (Å²) in [7, 11) is -3.34. The monoisotopic (exact) mass is 404 g/mol. The summed E-state index contributed by atoms with van der Waals surface area (Å²) in [5.74, 6) is 0.558. The minimum Gasteiger partial charge on any atom is -0.491 e. The van der Waals surface area contributed by atoms with Crippen LogP contribution in [0.4, 0.5) is 5.69 Å². The first-order chi connectivity index (χ1) is 13.3. The van der Waals surface area contributed by atoms with E-state index in [1.165, 1.54) is 4.31 Å². The molecule has 0 fully saturated rings. The number of aryl methyl sites for hydroxylation is 1. The van der Waals surface area contributed by atoms with Crippen LogP contribution in [0.3, 0.4) is 0 Å². The molecule has 2 aromatic carbocycles. The van der Waals surface area contributed by atoms with Crippen LogP contribution in [-0.2, 0) is 10.0 Å². The third-order valence-corrected chi connectivity index (χ3v) is 6.17. The van der Waals surface area contributed by atoms with Crippen LogP contribution in [0.15, 0.2) is 48.5 Å². The molecular weight excluding hydrogens is 376 g/mol. The van der Waals surface area contributed by atoms with E-state index in [-0.39, 0.29) is 17.7 Å². The van der Waals surface area contributed by atoms with E-state index in [1.807, 2.05) is 38.1 Å². The van der Waals surface area contributed by atoms with Gasteiger partial charge in [0, 0.05) is 12.1 Å². The summed E-state index contributed by atoms with van der Waals surface area (Å²) in [6, 6.07) is 14.1. The molecule has 0 heterocycles. The van der Waals surface area contributed by atoms with E-state index < -0.39 is 10.0 Å². The smallest absolute Gasteiger partial charge is 0.251 e. The quantitative estimate of drug-likeness (QED) is 0.695. The summed E-state index contributed by atoms with van der Waals surface area (Å²) in [6.07, 6.45) is 0. The van der Waals surface area contributed by atoms with Crippen molar-refractivity contribution in [2.45, 2.75) is 33.7 Å². The van der Waals surface area contributed by atoms with E-state index in [1.54, 1.807) is 38.1 Å². The number of hydrogen-bond acceptors (Lipinski definition) is 4. The van der Waals surface area contributed by atoms with Gasteiger partial charge in [0.25, 0.3) is 5.91 Å². The van der Waals surface area contributed by atoms with Crippen molar-refractivity contribution in [3.05, 3.63) is 59.7 Å². The third kappa shape index (κ3) is 5.73. The number of amides is 1. The molecule has 0 saturated heterocycles. The van der Waals surface area contributed by atoms with Gasteiger partial charge in [-0.05, 0) is 64.1 Å². The average Bonchev–Trinajstić information content (AvgIpc) is 2.68. The minimum atomic E-state index is -3.34. The Labute approximate surface area is 167 Å². The Hall–Kier alpha value is -2.54. The molecule has 0 bridgehead atoms. The highest BCUT2D eigenvalue weighted by Crippen LogP contribution is 2.19. The Balaban J connectivity index is 1.95. The second kappa shape index (κ2) is 9.59. The summed E-state index contributed by atoms with van der Waals surface area (Å²) in [5.41, 5.74) is 2.18. The highest BCUT2D eigenvalue weighted by atomic mass is 32.2. The van der Waals surface area contributed by atoms with Gasteiger partial charge in [0.2, 0.25) is 10.0 Å². The fourth-order valence-corrected chi connectivity index (χ4v) is 3.83. The van der Waals surface area contributed by atoms with Gasteiger partial charge in [0.1, 0.15) is 12.4 Å². The largest absolute Gasteiger partial charge is 0.491 e. The Bertz CT molecular complexity index is 878. The molecule has 6 nitrogen and oxygen atoms in total. The maximum absolute atomic E-state index is 12.4. The Morgan fingerprint density at radius 1 is 1.07 bits per heavy atom. The number of carbonyl (C=O) groups is 1. The molecule has 0 aliphatic rings. The highest BCUT2D eigenvalue weighted by Gasteiger charge is 2.19. The number of ether oxygens (including phenoxy) is 1. The van der Waals surface area contributed by atoms with Gasteiger partial charge in [-0.25, -0.2) is 8.42 Å². The number of nitrogens with zero attached hydrogens (tertiary/aromatic N) is 1. The lowest BCUT2D eigenvalue weighted by Gasteiger charge is -2.22. The topological polar surface area (TPSA) is 75.7 Å². The van der Waals surface area contributed by atoms with Crippen LogP contribution < -0.4 is 14.4 Å². The van der Waals surface area contributed by atoms with Crippen LogP contribution in [0.2, 0.25) is 0 Å². The van der Waals surface area contributed by atoms with Crippen LogP contribution >= 0.6 is 0 Å². The molecule has 2 aromatic rings. The molecule has 0 saturated carbocycles. The highest BCUT2D eigenvalue weighted by molar-refractivity contribution is 7.92. The number of anilines is 1. The van der Waals surface area contributed by atoms with Crippen molar-refractivity contribution < 1.29 is 17.9 Å². The Kier molecular flexibility index (Phi) is 7.45. The van der Waals surface area contributed by atoms with Gasteiger partial charge in [0.15, 0.2) is 0 Å². The molecule has 0 aliphatic carbocycles. The number of benzene rings is 2. The average molecular weight is 405 g/mol. The Morgan fingerprint density at radius 3 is 2.21 bits per heavy atom. The van der Waals surface area contributed by atoms with E-state index in [0.717, 1.165) is 11.3 Å². The summed E-state index contributed by atoms with van der Waals surface area (Å²) < 4.78 is 31.3. The van der Waals surface area contributed by atoms with Gasteiger partial charge in [-0.1, -0.05) is 17.7 Å². The zero-order chi connectivity index (χ0) is 20.7. The van der Waals surface area contributed by atoms with Crippen molar-refractivity contribution >= 4 is 21.6 Å². The van der Waals surface area contributed by atoms with Gasteiger partial charge in [-0.2, -0.15) is 0 Å². The minimum absolute atomic E-state index is 0.0293. The van der Waals surface area contributed by atoms with E-state index in [9.17, 15) is 13.2 Å². The molecule has 0 aliphatic heterocycles. The Morgan fingerprint density at radius 2 is 1.68 bits per heavy atom. The van der Waals surface area contributed by atoms with E-state index in [0.29, 0.717) is 24.4 Å². The second-order valence-corrected chi connectivity index (χ2v) is 8.79. The van der Waals surface area contributed by atoms with Crippen LogP contribution in [0, 0.1) is 6.92 Å². The fourth-order valence-electron chi connectivity index (χ4n) is 2.68. The predicted octanol–water partition coefficient (Wildman–Crippen LogP) is 3.37. The van der Waals surface area contributed by atoms with Crippen molar-refractivity contribution in [1.82, 2.24) is 5.32 Å². The van der Waals surface area contributed by atoms with Crippen LogP contribution in [-0.4, -0.2) is 39.3 Å². The van der Waals surface area contributed by atoms with Crippen molar-refractivity contribution in [3.8, 4) is 5.75 Å². The van der Waals surface area contributed by atoms with Crippen molar-refractivity contribution in [2.75, 3.05) is 23.2 Å². The van der Waals surface area contributed by atoms with E-state index in [2.05, 4.69) is 5.32 Å². The zero-order valence-corrected chi connectivity index (χ0v) is 17.6. The number of rotatable bonds is 9. The van der Waals surface area contributed by atoms with E-state index in [4.69, 9.17) is 4.74 Å². The summed E-state index contributed by atoms with van der Waals surface area (Å²) in [5, 5.41) is 2.89. The van der Waals surface area contributed by atoms with Crippen LogP contribution in [0.25, 0.3) is 0 Å². The molecule has 1 unspecified atom stereocenters. The molecule has 1 atom stereocenters. The number of hydrogen-bond donors (Lipinski definition) is 1. The first kappa shape index (κ1) is 21.8. The van der Waals surface area contributed by atoms with Crippen molar-refractivity contribution in [2.24, 2.45) is 0 Å². The zero-order valence-electron chi connectivity index (χ0n) is 16.8. The van der Waals surface area contributed by atoms with E-state index >= 15 is 0 Å². The molecular formula is C21H28N2O4S. The molecule has 0 aromatic heterocycles. The molecule has 2 rings (SSSR count). The third-order valence-electron chi connectivity index (χ3n) is 4.30. The van der Waals surface area contributed by atoms with Gasteiger partial charge in [-0.15, -0.1) is 0 Å². The lowest BCUT2D eigenvalue weighted by molar-refractivity contribution is 0.0926. The van der Waals surface area contributed by atoms with Gasteiger partial charge >= 0.3 is 0 Å². The molecule has 7 heteroatoms. The molecule has 152 valence electrons. The second-order valence-electron chi connectivity index (χ2n) is 6.61. The van der Waals surface area contributed by atoms with Crippen molar-refractivity contribution in [3.63, 3.8) is 0 Å². The predicted molar refractivity (Wildman–Crippen MR) is 113 cm³/mol. The lowest BCUT2D eigenvalue weighted by Crippen LogP contribution is -2.36. The van der Waals surface area contributed by atoms with Crippen molar-refractivity contribution in [1.29, 1.82) is 0 Å². The first-order valence-electron chi connectivity index (χ1n) is 9.37. The van der Waals surface area contributed by atoms with Gasteiger partial charge in [-0.3, -0.25) is 9.10 Å². The molecule has 1 amide bonds. The first-order valence-corrected chi connectivity index (χ1v) is 11.0. The number of nitrogens with one attached hydrogen (secondary N) is 1. The van der Waals surface area contributed by atoms with Gasteiger partial charge < -0.3 is 10.1 Å². The standard InChI is InChI=1S/C21H28N2O4S/c1-5-23(28(25,26)6-2)19-11-9-18(10-12-19)21(24)22-17(4)15-27-20-13-7-16(3)8-14-20/h7-14,17H,5-6,15H2,1-4H3,(H,22,24). The van der Waals surface area contributed by atoms with Gasteiger partial charge in [0.05, 0.1) is 17.5 Å². The maximum Gasteiger partial charge on any atom is 0.251 e. The van der Waals surface area contributed by atoms with Crippen LogP contribution in [0.5, 0.6) is 5.75 Å². The molecule has 0 spiro atoms. The van der Waals surface area contributed by atoms with Crippen LogP contribution in [0.1, 0.15) is 36.7 Å².